The van der Waals surface area contributed by atoms with Gasteiger partial charge in [-0.3, -0.25) is 0 Å². The van der Waals surface area contributed by atoms with Crippen molar-refractivity contribution in [2.24, 2.45) is 0 Å². The van der Waals surface area contributed by atoms with Crippen LogP contribution in [-0.4, -0.2) is 158 Å². The number of benzene rings is 12. The molecule has 0 fully saturated rings. The van der Waals surface area contributed by atoms with Crippen LogP contribution in [0.1, 0.15) is 0 Å². The van der Waals surface area contributed by atoms with E-state index >= 15 is 0 Å². The second-order valence-corrected chi connectivity index (χ2v) is 40.3. The van der Waals surface area contributed by atoms with Gasteiger partial charge in [0.2, 0.25) is 0 Å². The first kappa shape index (κ1) is 61.7. The summed E-state index contributed by atoms with van der Waals surface area (Å²) >= 11 is -1.36. The van der Waals surface area contributed by atoms with Crippen molar-refractivity contribution in [3.63, 3.8) is 0 Å². The third kappa shape index (κ3) is 12.7. The van der Waals surface area contributed by atoms with E-state index in [1.165, 1.54) is 66.9 Å². The van der Waals surface area contributed by atoms with Gasteiger partial charge in [-0.2, -0.15) is 0 Å². The van der Waals surface area contributed by atoms with Crippen LogP contribution in [0.25, 0.3) is 89.7 Å². The molecular formula is C80H50N8Se8. The van der Waals surface area contributed by atoms with Gasteiger partial charge in [-0.1, -0.05) is 0 Å². The number of aromatic amines is 1. The molecule has 15 aromatic rings. The molecule has 0 atom stereocenters. The number of nitrogens with one attached hydrogen (secondary N) is 1. The van der Waals surface area contributed by atoms with Gasteiger partial charge < -0.3 is 0 Å². The van der Waals surface area contributed by atoms with Crippen LogP contribution in [0.2, 0.25) is 0 Å². The van der Waals surface area contributed by atoms with Gasteiger partial charge in [-0.15, -0.1) is 0 Å². The van der Waals surface area contributed by atoms with E-state index in [-0.39, 0.29) is 120 Å². The first-order valence-electron chi connectivity index (χ1n) is 30.9. The van der Waals surface area contributed by atoms with Crippen molar-refractivity contribution in [3.8, 4) is 45.6 Å². The molecule has 1 N–H and O–H groups in total. The van der Waals surface area contributed by atoms with Gasteiger partial charge in [-0.05, 0) is 0 Å². The van der Waals surface area contributed by atoms with Crippen LogP contribution in [0.5, 0.6) is 0 Å². The zero-order valence-electron chi connectivity index (χ0n) is 50.7. The Morgan fingerprint density at radius 1 is 0.250 bits per heavy atom. The van der Waals surface area contributed by atoms with Crippen molar-refractivity contribution < 1.29 is 0 Å². The van der Waals surface area contributed by atoms with Crippen LogP contribution in [0.3, 0.4) is 0 Å². The normalized spacial score (nSPS) is 11.7. The molecule has 16 heteroatoms. The minimum absolute atomic E-state index is 0.0828. The molecule has 3 aromatic heterocycles. The molecule has 0 saturated heterocycles. The van der Waals surface area contributed by atoms with E-state index in [4.69, 9.17) is 29.9 Å². The van der Waals surface area contributed by atoms with Gasteiger partial charge in [-0.25, -0.2) is 0 Å². The van der Waals surface area contributed by atoms with E-state index in [0.717, 1.165) is 66.4 Å². The summed E-state index contributed by atoms with van der Waals surface area (Å²) in [5, 5.41) is 4.15. The van der Waals surface area contributed by atoms with Crippen molar-refractivity contribution in [3.05, 3.63) is 297 Å². The summed E-state index contributed by atoms with van der Waals surface area (Å²) in [6.45, 7) is 0. The molecule has 8 bridgehead atoms. The first-order valence-corrected chi connectivity index (χ1v) is 44.5. The fourth-order valence-electron chi connectivity index (χ4n) is 11.6. The summed E-state index contributed by atoms with van der Waals surface area (Å²) < 4.78 is 22.1. The molecule has 0 aliphatic carbocycles. The second kappa shape index (κ2) is 27.9. The predicted octanol–water partition coefficient (Wildman–Crippen LogP) is 4.72. The van der Waals surface area contributed by atoms with Gasteiger partial charge in [0.15, 0.2) is 0 Å². The summed E-state index contributed by atoms with van der Waals surface area (Å²) in [5.41, 5.74) is 6.93. The van der Waals surface area contributed by atoms with Gasteiger partial charge in [0.25, 0.3) is 0 Å². The number of aromatic nitrogens is 8. The predicted molar refractivity (Wildman–Crippen MR) is 407 cm³/mol. The molecule has 0 amide bonds. The van der Waals surface area contributed by atoms with E-state index in [1.54, 1.807) is 0 Å². The van der Waals surface area contributed by atoms with Crippen molar-refractivity contribution in [1.29, 1.82) is 0 Å². The van der Waals surface area contributed by atoms with Crippen LogP contribution < -0.4 is 66.9 Å². The molecule has 0 spiro atoms. The number of fused-ring (bicyclic) bond motifs is 20. The number of hydrogen-bond acceptors (Lipinski definition) is 6. The molecule has 5 heterocycles. The van der Waals surface area contributed by atoms with E-state index in [1.807, 2.05) is 0 Å². The number of hydrogen-bond donors (Lipinski definition) is 1. The Bertz CT molecular complexity index is 5580. The Kier molecular flexibility index (Phi) is 18.0. The molecule has 0 saturated carbocycles. The summed E-state index contributed by atoms with van der Waals surface area (Å²) in [7, 11) is 0. The van der Waals surface area contributed by atoms with Gasteiger partial charge in [0.1, 0.15) is 0 Å². The van der Waals surface area contributed by atoms with Crippen molar-refractivity contribution in [1.82, 2.24) is 38.5 Å². The number of H-pyrrole nitrogens is 1. The number of rotatable bonds is 16. The zero-order valence-corrected chi connectivity index (χ0v) is 64.4. The first-order chi connectivity index (χ1) is 47.6. The zero-order chi connectivity index (χ0) is 63.7. The Labute approximate surface area is 605 Å². The van der Waals surface area contributed by atoms with Crippen LogP contribution >= 0.6 is 0 Å². The third-order valence-electron chi connectivity index (χ3n) is 15.9. The van der Waals surface area contributed by atoms with Crippen molar-refractivity contribution in [2.45, 2.75) is 0 Å². The summed E-state index contributed by atoms with van der Waals surface area (Å²) in [4.78, 5) is 39.7. The molecule has 0 unspecified atom stereocenters. The Morgan fingerprint density at radius 3 is 0.990 bits per heavy atom. The van der Waals surface area contributed by atoms with Gasteiger partial charge in [0, 0.05) is 0 Å². The van der Waals surface area contributed by atoms with E-state index in [9.17, 15) is 0 Å². The minimum atomic E-state index is -0.328. The molecule has 458 valence electrons. The summed E-state index contributed by atoms with van der Waals surface area (Å²) in [5.74, 6) is 2.48. The SMILES string of the molecule is c1ccc([Se]c2cc3c(c([Se]c4ccccc4)c2[Se]c2ccccc2)-c2nc-3nc3c4ccccc4c(nc4nc(nc5[nH]c(n2)c2c([Se]c6ccccc6)c([Se]c6ccccc6)c([Se]c6ccccc6)c([Se]c6ccccc6)c52)-c2ccccc2-4)n3[Se]c2ccccc2)cc1. The van der Waals surface area contributed by atoms with Crippen LogP contribution in [0.4, 0.5) is 0 Å². The summed E-state index contributed by atoms with van der Waals surface area (Å²) in [6, 6.07) is 108. The Balaban J connectivity index is 1.09. The van der Waals surface area contributed by atoms with E-state index in [2.05, 4.69) is 306 Å². The third-order valence-corrected chi connectivity index (χ3v) is 37.6. The molecule has 12 aromatic carbocycles. The summed E-state index contributed by atoms with van der Waals surface area (Å²) in [6.07, 6.45) is 0. The van der Waals surface area contributed by atoms with Crippen LogP contribution in [0.15, 0.2) is 297 Å². The average molecular weight is 1760 g/mol. The fourth-order valence-corrected chi connectivity index (χ4v) is 33.2. The standard InChI is InChI=1S/C80H50N8Se8/c1-9-29-50(30-10-1)89-63-49-62-64(68(91-52-33-13-3-14-34-52)67(63)90-51-31-11-2-12-32-51)76-83-75(62)87-80-61-48-28-27-47-60(61)79(88(80)96-57-43-23-8-24-44-57)86-74-59-46-26-25-45-58(59)73(81-74)82-77-65-66(78(84-76)85-77)70(93-54-37-17-5-18-38-54)72(95-56-41-21-7-22-42-56)71(94-55-39-19-6-20-40-55)69(65)92-53-35-15-4-16-36-53/h1-49H,(H,81,82,83,84,85,86,87). The Hall–Kier alpha value is -7.84. The van der Waals surface area contributed by atoms with Crippen LogP contribution in [-0.2, 0) is 0 Å². The second-order valence-electron chi connectivity index (χ2n) is 22.2. The maximum absolute atomic E-state index is 6.24. The molecule has 96 heavy (non-hydrogen) atoms. The molecular weight excluding hydrogens is 1700 g/mol. The molecule has 8 nitrogen and oxygen atoms in total. The van der Waals surface area contributed by atoms with Gasteiger partial charge in [0.05, 0.1) is 0 Å². The van der Waals surface area contributed by atoms with Crippen LogP contribution in [0, 0.1) is 0 Å². The topological polar surface area (TPSA) is 98.1 Å². The van der Waals surface area contributed by atoms with Crippen molar-refractivity contribution in [2.75, 3.05) is 0 Å². The molecule has 2 aliphatic heterocycles. The molecule has 17 rings (SSSR count). The Morgan fingerprint density at radius 2 is 0.562 bits per heavy atom. The average Bonchev–Trinajstić information content (AvgIpc) is 1.50. The van der Waals surface area contributed by atoms with E-state index in [0.29, 0.717) is 23.3 Å². The van der Waals surface area contributed by atoms with Gasteiger partial charge >= 0.3 is 612 Å². The number of nitrogens with zero attached hydrogens (tertiary/aromatic N) is 7. The van der Waals surface area contributed by atoms with E-state index < -0.39 is 0 Å². The van der Waals surface area contributed by atoms with Crippen molar-refractivity contribution >= 4 is 231 Å². The quantitative estimate of drug-likeness (QED) is 0.141. The molecule has 0 radical (unpaired) electrons. The monoisotopic (exact) mass is 1760 g/mol. The molecule has 2 aliphatic rings. The maximum atomic E-state index is 6.24. The fraction of sp³-hybridized carbons (Fsp3) is 0.